The van der Waals surface area contributed by atoms with Crippen LogP contribution in [0.4, 0.5) is 0 Å². The minimum atomic E-state index is -2.97. The van der Waals surface area contributed by atoms with Crippen LogP contribution in [0.2, 0.25) is 0 Å². The summed E-state index contributed by atoms with van der Waals surface area (Å²) in [6, 6.07) is 63.0. The molecular weight excluding hydrogens is 639 g/mol. The first-order chi connectivity index (χ1) is 25.3. The first-order valence-electron chi connectivity index (χ1n) is 17.3. The molecule has 0 N–H and O–H groups in total. The van der Waals surface area contributed by atoms with Crippen LogP contribution in [-0.4, -0.2) is 22.6 Å². The summed E-state index contributed by atoms with van der Waals surface area (Å²) in [5.41, 5.74) is 7.07. The van der Waals surface area contributed by atoms with E-state index in [1.54, 1.807) is 0 Å². The Morgan fingerprint density at radius 1 is 0.471 bits per heavy atom. The zero-order chi connectivity index (χ0) is 33.5. The molecule has 0 atom stereocenters. The van der Waals surface area contributed by atoms with E-state index < -0.39 is 8.07 Å². The first kappa shape index (κ1) is 28.3. The largest absolute Gasteiger partial charge is 0.456 e. The quantitative estimate of drug-likeness (QED) is 0.177. The van der Waals surface area contributed by atoms with Gasteiger partial charge >= 0.3 is 0 Å². The fourth-order valence-electron chi connectivity index (χ4n) is 8.58. The number of hydrogen-bond acceptors (Lipinski definition) is 3. The topological polar surface area (TPSA) is 43.9 Å². The zero-order valence-corrected chi connectivity index (χ0v) is 28.5. The number of furan rings is 1. The maximum atomic E-state index is 6.53. The molecule has 0 radical (unpaired) electrons. The second-order valence-corrected chi connectivity index (χ2v) is 17.0. The second kappa shape index (κ2) is 10.7. The van der Waals surface area contributed by atoms with Crippen molar-refractivity contribution in [3.05, 3.63) is 176 Å². The molecule has 0 saturated heterocycles. The lowest BCUT2D eigenvalue weighted by Gasteiger charge is -2.32. The third kappa shape index (κ3) is 3.89. The molecule has 5 heteroatoms. The van der Waals surface area contributed by atoms with Gasteiger partial charge in [-0.05, 0) is 33.8 Å². The minimum absolute atomic E-state index is 0.709. The van der Waals surface area contributed by atoms with Crippen molar-refractivity contribution in [1.82, 2.24) is 14.5 Å². The van der Waals surface area contributed by atoms with Gasteiger partial charge in [0.05, 0.1) is 16.7 Å². The molecule has 0 spiro atoms. The van der Waals surface area contributed by atoms with Crippen molar-refractivity contribution >= 4 is 72.6 Å². The highest BCUT2D eigenvalue weighted by Gasteiger charge is 2.52. The van der Waals surface area contributed by atoms with Gasteiger partial charge in [0, 0.05) is 43.9 Å². The lowest BCUT2D eigenvalue weighted by molar-refractivity contribution is 0.669. The summed E-state index contributed by atoms with van der Waals surface area (Å²) in [5.74, 6) is 1.62. The minimum Gasteiger partial charge on any atom is -0.456 e. The standard InChI is InChI=1S/C46H29N3OSi/c1-4-16-30(17-5-1)45-47-43-35-24-12-15-27-42(35)51(31-18-6-2-7-19-31,32-20-8-3-9-21-32)44(43)46(48-45)49-38-25-13-10-22-33(38)36-28-37-34-23-11-14-26-40(34)50-41(37)29-39(36)49/h1-29H. The smallest absolute Gasteiger partial charge is 0.187 e. The van der Waals surface area contributed by atoms with Crippen molar-refractivity contribution < 1.29 is 4.42 Å². The lowest BCUT2D eigenvalue weighted by atomic mass is 10.1. The van der Waals surface area contributed by atoms with Crippen LogP contribution in [0, 0.1) is 0 Å². The van der Waals surface area contributed by atoms with Crippen molar-refractivity contribution in [2.45, 2.75) is 0 Å². The van der Waals surface area contributed by atoms with Gasteiger partial charge in [0.1, 0.15) is 17.0 Å². The van der Waals surface area contributed by atoms with Crippen molar-refractivity contribution in [2.24, 2.45) is 0 Å². The van der Waals surface area contributed by atoms with Gasteiger partial charge in [-0.1, -0.05) is 152 Å². The predicted octanol–water partition coefficient (Wildman–Crippen LogP) is 8.50. The molecule has 0 saturated carbocycles. The van der Waals surface area contributed by atoms with Crippen molar-refractivity contribution in [3.8, 4) is 28.5 Å². The predicted molar refractivity (Wildman–Crippen MR) is 212 cm³/mol. The van der Waals surface area contributed by atoms with E-state index in [9.17, 15) is 0 Å². The number of para-hydroxylation sites is 2. The Balaban J connectivity index is 1.36. The number of fused-ring (bicyclic) bond motifs is 9. The summed E-state index contributed by atoms with van der Waals surface area (Å²) in [6.07, 6.45) is 0. The molecule has 0 unspecified atom stereocenters. The average molecular weight is 668 g/mol. The van der Waals surface area contributed by atoms with Gasteiger partial charge in [-0.3, -0.25) is 4.57 Å². The van der Waals surface area contributed by atoms with Gasteiger partial charge < -0.3 is 4.42 Å². The molecule has 1 aliphatic rings. The molecule has 7 aromatic carbocycles. The van der Waals surface area contributed by atoms with Crippen molar-refractivity contribution in [3.63, 3.8) is 0 Å². The maximum Gasteiger partial charge on any atom is 0.187 e. The molecule has 0 fully saturated rings. The summed E-state index contributed by atoms with van der Waals surface area (Å²) in [5, 5.41) is 9.72. The highest BCUT2D eigenvalue weighted by atomic mass is 28.3. The normalized spacial score (nSPS) is 13.3. The highest BCUT2D eigenvalue weighted by Crippen LogP contribution is 2.40. The van der Waals surface area contributed by atoms with E-state index in [2.05, 4.69) is 162 Å². The molecule has 11 rings (SSSR count). The van der Waals surface area contributed by atoms with E-state index in [-0.39, 0.29) is 0 Å². The molecule has 0 bridgehead atoms. The van der Waals surface area contributed by atoms with Crippen LogP contribution in [0.1, 0.15) is 0 Å². The third-order valence-corrected chi connectivity index (χ3v) is 15.5. The van der Waals surface area contributed by atoms with E-state index in [0.717, 1.165) is 50.0 Å². The molecule has 3 aromatic heterocycles. The van der Waals surface area contributed by atoms with E-state index in [4.69, 9.17) is 14.4 Å². The SMILES string of the molecule is c1ccc(-c2nc3c(c(-n4c5ccccc5c5cc6c(cc54)oc4ccccc46)n2)[Si](c2ccccc2)(c2ccccc2)c2ccccc2-3)cc1. The van der Waals surface area contributed by atoms with Gasteiger partial charge in [-0.15, -0.1) is 0 Å². The van der Waals surface area contributed by atoms with Crippen LogP contribution >= 0.6 is 0 Å². The average Bonchev–Trinajstić information content (AvgIpc) is 3.84. The molecular formula is C46H29N3OSi. The number of aromatic nitrogens is 3. The molecule has 10 aromatic rings. The molecule has 51 heavy (non-hydrogen) atoms. The van der Waals surface area contributed by atoms with Crippen LogP contribution in [0.3, 0.4) is 0 Å². The molecule has 1 aliphatic heterocycles. The Morgan fingerprint density at radius 3 is 1.86 bits per heavy atom. The van der Waals surface area contributed by atoms with E-state index in [1.165, 1.54) is 37.1 Å². The Bertz CT molecular complexity index is 2930. The Kier molecular flexibility index (Phi) is 5.95. The van der Waals surface area contributed by atoms with Crippen LogP contribution in [-0.2, 0) is 0 Å². The second-order valence-electron chi connectivity index (χ2n) is 13.3. The van der Waals surface area contributed by atoms with E-state index in [1.807, 2.05) is 18.2 Å². The summed E-state index contributed by atoms with van der Waals surface area (Å²) in [4.78, 5) is 11.2. The first-order valence-corrected chi connectivity index (χ1v) is 19.3. The number of rotatable bonds is 4. The molecule has 0 amide bonds. The summed E-state index contributed by atoms with van der Waals surface area (Å²) in [6.45, 7) is 0. The summed E-state index contributed by atoms with van der Waals surface area (Å²) >= 11 is 0. The van der Waals surface area contributed by atoms with Crippen LogP contribution in [0.5, 0.6) is 0 Å². The fourth-order valence-corrected chi connectivity index (χ4v) is 13.8. The maximum absolute atomic E-state index is 6.53. The van der Waals surface area contributed by atoms with Gasteiger partial charge in [0.25, 0.3) is 0 Å². The van der Waals surface area contributed by atoms with E-state index in [0.29, 0.717) is 5.82 Å². The van der Waals surface area contributed by atoms with Crippen molar-refractivity contribution in [2.75, 3.05) is 0 Å². The molecule has 4 heterocycles. The van der Waals surface area contributed by atoms with Gasteiger partial charge in [0.15, 0.2) is 13.9 Å². The Morgan fingerprint density at radius 2 is 1.10 bits per heavy atom. The molecule has 4 nitrogen and oxygen atoms in total. The van der Waals surface area contributed by atoms with Gasteiger partial charge in [-0.2, -0.15) is 0 Å². The molecule has 238 valence electrons. The monoisotopic (exact) mass is 667 g/mol. The Labute approximate surface area is 294 Å². The van der Waals surface area contributed by atoms with Gasteiger partial charge in [-0.25, -0.2) is 9.97 Å². The fraction of sp³-hybridized carbons (Fsp3) is 0. The third-order valence-electron chi connectivity index (χ3n) is 10.7. The van der Waals surface area contributed by atoms with Crippen LogP contribution in [0.25, 0.3) is 72.2 Å². The van der Waals surface area contributed by atoms with E-state index >= 15 is 0 Å². The summed E-state index contributed by atoms with van der Waals surface area (Å²) in [7, 11) is -2.97. The number of benzene rings is 7. The summed E-state index contributed by atoms with van der Waals surface area (Å²) < 4.78 is 8.92. The lowest BCUT2D eigenvalue weighted by Crippen LogP contribution is -2.73. The number of nitrogens with zero attached hydrogens (tertiary/aromatic N) is 3. The zero-order valence-electron chi connectivity index (χ0n) is 27.5. The van der Waals surface area contributed by atoms with Crippen LogP contribution < -0.4 is 20.7 Å². The van der Waals surface area contributed by atoms with Crippen LogP contribution in [0.15, 0.2) is 180 Å². The van der Waals surface area contributed by atoms with Gasteiger partial charge in [0.2, 0.25) is 0 Å². The number of hydrogen-bond donors (Lipinski definition) is 0. The Hall–Kier alpha value is -6.56. The molecule has 0 aliphatic carbocycles. The van der Waals surface area contributed by atoms with Crippen molar-refractivity contribution in [1.29, 1.82) is 0 Å². The highest BCUT2D eigenvalue weighted by molar-refractivity contribution is 7.22.